The van der Waals surface area contributed by atoms with Gasteiger partial charge in [0.15, 0.2) is 0 Å². The number of hydrogen-bond donors (Lipinski definition) is 2. The SMILES string of the molecule is CC(CO)N(C)Cc1cccc(N)c1. The van der Waals surface area contributed by atoms with Crippen molar-refractivity contribution in [3.8, 4) is 0 Å². The van der Waals surface area contributed by atoms with Crippen molar-refractivity contribution in [1.82, 2.24) is 4.90 Å². The summed E-state index contributed by atoms with van der Waals surface area (Å²) in [5, 5.41) is 8.97. The van der Waals surface area contributed by atoms with Crippen molar-refractivity contribution < 1.29 is 5.11 Å². The molecule has 0 spiro atoms. The van der Waals surface area contributed by atoms with Gasteiger partial charge in [-0.25, -0.2) is 0 Å². The fourth-order valence-corrected chi connectivity index (χ4v) is 1.27. The highest BCUT2D eigenvalue weighted by atomic mass is 16.3. The van der Waals surface area contributed by atoms with Crippen LogP contribution in [-0.4, -0.2) is 29.7 Å². The number of likely N-dealkylation sites (N-methyl/N-ethyl adjacent to an activating group) is 1. The van der Waals surface area contributed by atoms with Crippen molar-refractivity contribution in [1.29, 1.82) is 0 Å². The molecular weight excluding hydrogens is 176 g/mol. The highest BCUT2D eigenvalue weighted by Crippen LogP contribution is 2.09. The van der Waals surface area contributed by atoms with Gasteiger partial charge in [-0.2, -0.15) is 0 Å². The first-order chi connectivity index (χ1) is 6.63. The van der Waals surface area contributed by atoms with Crippen LogP contribution in [0.25, 0.3) is 0 Å². The maximum atomic E-state index is 8.97. The van der Waals surface area contributed by atoms with Crippen LogP contribution < -0.4 is 5.73 Å². The molecule has 1 rings (SSSR count). The van der Waals surface area contributed by atoms with E-state index in [4.69, 9.17) is 10.8 Å². The van der Waals surface area contributed by atoms with Gasteiger partial charge < -0.3 is 10.8 Å². The largest absolute Gasteiger partial charge is 0.399 e. The van der Waals surface area contributed by atoms with Crippen molar-refractivity contribution in [3.05, 3.63) is 29.8 Å². The summed E-state index contributed by atoms with van der Waals surface area (Å²) in [6.45, 7) is 2.98. The Morgan fingerprint density at radius 3 is 2.79 bits per heavy atom. The van der Waals surface area contributed by atoms with Gasteiger partial charge >= 0.3 is 0 Å². The molecule has 1 aromatic carbocycles. The zero-order chi connectivity index (χ0) is 10.6. The Balaban J connectivity index is 2.60. The summed E-state index contributed by atoms with van der Waals surface area (Å²) in [6.07, 6.45) is 0. The van der Waals surface area contributed by atoms with E-state index in [9.17, 15) is 0 Å². The van der Waals surface area contributed by atoms with Gasteiger partial charge in [0.1, 0.15) is 0 Å². The van der Waals surface area contributed by atoms with Crippen LogP contribution in [-0.2, 0) is 6.54 Å². The highest BCUT2D eigenvalue weighted by Gasteiger charge is 2.07. The summed E-state index contributed by atoms with van der Waals surface area (Å²) >= 11 is 0. The fourth-order valence-electron chi connectivity index (χ4n) is 1.27. The van der Waals surface area contributed by atoms with E-state index in [-0.39, 0.29) is 12.6 Å². The minimum absolute atomic E-state index is 0.177. The van der Waals surface area contributed by atoms with Crippen LogP contribution in [0.2, 0.25) is 0 Å². The summed E-state index contributed by atoms with van der Waals surface area (Å²) in [6, 6.07) is 8.00. The number of nitrogen functional groups attached to an aromatic ring is 1. The average molecular weight is 194 g/mol. The van der Waals surface area contributed by atoms with Crippen LogP contribution in [0.15, 0.2) is 24.3 Å². The second-order valence-electron chi connectivity index (χ2n) is 3.69. The molecule has 0 aliphatic carbocycles. The Morgan fingerprint density at radius 2 is 2.21 bits per heavy atom. The number of aliphatic hydroxyl groups is 1. The number of benzene rings is 1. The summed E-state index contributed by atoms with van der Waals surface area (Å²) in [4.78, 5) is 2.09. The number of rotatable bonds is 4. The number of aliphatic hydroxyl groups excluding tert-OH is 1. The van der Waals surface area contributed by atoms with Crippen molar-refractivity contribution in [3.63, 3.8) is 0 Å². The van der Waals surface area contributed by atoms with Crippen molar-refractivity contribution in [2.75, 3.05) is 19.4 Å². The van der Waals surface area contributed by atoms with E-state index in [0.717, 1.165) is 12.2 Å². The lowest BCUT2D eigenvalue weighted by atomic mass is 10.2. The molecule has 3 nitrogen and oxygen atoms in total. The average Bonchev–Trinajstić information content (AvgIpc) is 2.16. The standard InChI is InChI=1S/C11H18N2O/c1-9(8-14)13(2)7-10-4-3-5-11(12)6-10/h3-6,9,14H,7-8,12H2,1-2H3. The zero-order valence-electron chi connectivity index (χ0n) is 8.77. The molecule has 1 aromatic rings. The Labute approximate surface area is 85.2 Å². The minimum atomic E-state index is 0.177. The number of nitrogens with two attached hydrogens (primary N) is 1. The van der Waals surface area contributed by atoms with E-state index >= 15 is 0 Å². The molecule has 0 fully saturated rings. The first-order valence-electron chi connectivity index (χ1n) is 4.79. The van der Waals surface area contributed by atoms with Crippen molar-refractivity contribution >= 4 is 5.69 Å². The van der Waals surface area contributed by atoms with Crippen LogP contribution in [0.1, 0.15) is 12.5 Å². The quantitative estimate of drug-likeness (QED) is 0.705. The maximum Gasteiger partial charge on any atom is 0.0584 e. The van der Waals surface area contributed by atoms with Gasteiger partial charge in [0, 0.05) is 18.3 Å². The number of nitrogens with zero attached hydrogens (tertiary/aromatic N) is 1. The molecule has 0 radical (unpaired) electrons. The van der Waals surface area contributed by atoms with Crippen molar-refractivity contribution in [2.45, 2.75) is 19.5 Å². The monoisotopic (exact) mass is 194 g/mol. The van der Waals surface area contributed by atoms with Gasteiger partial charge in [-0.1, -0.05) is 12.1 Å². The molecule has 0 amide bonds. The topological polar surface area (TPSA) is 49.5 Å². The first-order valence-corrected chi connectivity index (χ1v) is 4.79. The zero-order valence-corrected chi connectivity index (χ0v) is 8.77. The van der Waals surface area contributed by atoms with Crippen molar-refractivity contribution in [2.24, 2.45) is 0 Å². The second kappa shape index (κ2) is 4.98. The predicted molar refractivity (Wildman–Crippen MR) is 58.9 cm³/mol. The second-order valence-corrected chi connectivity index (χ2v) is 3.69. The molecule has 0 aliphatic heterocycles. The summed E-state index contributed by atoms with van der Waals surface area (Å²) in [5.74, 6) is 0. The van der Waals surface area contributed by atoms with Crippen LogP contribution in [0.4, 0.5) is 5.69 Å². The normalized spacial score (nSPS) is 13.1. The summed E-state index contributed by atoms with van der Waals surface area (Å²) < 4.78 is 0. The Kier molecular flexibility index (Phi) is 3.92. The highest BCUT2D eigenvalue weighted by molar-refractivity contribution is 5.40. The lowest BCUT2D eigenvalue weighted by molar-refractivity contribution is 0.154. The Bertz CT molecular complexity index is 288. The van der Waals surface area contributed by atoms with E-state index in [1.165, 1.54) is 5.56 Å². The third kappa shape index (κ3) is 3.01. The van der Waals surface area contributed by atoms with Gasteiger partial charge in [0.25, 0.3) is 0 Å². The molecule has 3 N–H and O–H groups in total. The minimum Gasteiger partial charge on any atom is -0.399 e. The number of anilines is 1. The lowest BCUT2D eigenvalue weighted by Gasteiger charge is -2.22. The Hall–Kier alpha value is -1.06. The van der Waals surface area contributed by atoms with Crippen LogP contribution in [0.3, 0.4) is 0 Å². The molecule has 1 unspecified atom stereocenters. The summed E-state index contributed by atoms with van der Waals surface area (Å²) in [5.41, 5.74) is 7.63. The molecule has 1 atom stereocenters. The fraction of sp³-hybridized carbons (Fsp3) is 0.455. The molecule has 0 aromatic heterocycles. The van der Waals surface area contributed by atoms with Crippen LogP contribution in [0.5, 0.6) is 0 Å². The van der Waals surface area contributed by atoms with E-state index in [1.807, 2.05) is 38.2 Å². The van der Waals surface area contributed by atoms with E-state index < -0.39 is 0 Å². The Morgan fingerprint density at radius 1 is 1.50 bits per heavy atom. The lowest BCUT2D eigenvalue weighted by Crippen LogP contribution is -2.31. The molecule has 78 valence electrons. The molecule has 0 bridgehead atoms. The molecule has 0 aliphatic rings. The molecule has 14 heavy (non-hydrogen) atoms. The molecule has 0 heterocycles. The maximum absolute atomic E-state index is 8.97. The molecular formula is C11H18N2O. The van der Waals surface area contributed by atoms with Gasteiger partial charge in [-0.3, -0.25) is 4.90 Å². The van der Waals surface area contributed by atoms with Gasteiger partial charge in [-0.15, -0.1) is 0 Å². The molecule has 0 saturated heterocycles. The molecule has 0 saturated carbocycles. The smallest absolute Gasteiger partial charge is 0.0584 e. The van der Waals surface area contributed by atoms with E-state index in [2.05, 4.69) is 4.90 Å². The third-order valence-corrected chi connectivity index (χ3v) is 2.40. The third-order valence-electron chi connectivity index (χ3n) is 2.40. The van der Waals surface area contributed by atoms with Crippen LogP contribution >= 0.6 is 0 Å². The number of hydrogen-bond acceptors (Lipinski definition) is 3. The van der Waals surface area contributed by atoms with Crippen LogP contribution in [0, 0.1) is 0 Å². The van der Waals surface area contributed by atoms with E-state index in [1.54, 1.807) is 0 Å². The van der Waals surface area contributed by atoms with Gasteiger partial charge in [-0.05, 0) is 31.7 Å². The summed E-state index contributed by atoms with van der Waals surface area (Å²) in [7, 11) is 1.99. The molecule has 3 heteroatoms. The van der Waals surface area contributed by atoms with Gasteiger partial charge in [0.2, 0.25) is 0 Å². The van der Waals surface area contributed by atoms with E-state index in [0.29, 0.717) is 0 Å². The first kappa shape index (κ1) is 11.0. The predicted octanol–water partition coefficient (Wildman–Crippen LogP) is 1.08. The van der Waals surface area contributed by atoms with Gasteiger partial charge in [0.05, 0.1) is 6.61 Å².